The second kappa shape index (κ2) is 4.87. The molecule has 1 aromatic rings. The third-order valence-electron chi connectivity index (χ3n) is 1.91. The van der Waals surface area contributed by atoms with Crippen LogP contribution in [0.2, 0.25) is 0 Å². The highest BCUT2D eigenvalue weighted by atomic mass is 19.3. The number of ether oxygens (including phenoxy) is 1. The van der Waals surface area contributed by atoms with Crippen molar-refractivity contribution in [3.63, 3.8) is 0 Å². The summed E-state index contributed by atoms with van der Waals surface area (Å²) in [6.45, 7) is -1.10. The maximum Gasteiger partial charge on any atom is 0.464 e. The van der Waals surface area contributed by atoms with Crippen LogP contribution in [-0.4, -0.2) is 23.7 Å². The Morgan fingerprint density at radius 1 is 1.06 bits per heavy atom. The third kappa shape index (κ3) is 3.29. The maximum atomic E-state index is 13.0. The van der Waals surface area contributed by atoms with Crippen molar-refractivity contribution in [1.82, 2.24) is 0 Å². The zero-order valence-electron chi connectivity index (χ0n) is 8.47. The summed E-state index contributed by atoms with van der Waals surface area (Å²) < 4.78 is 68.0. The molecular weight excluding hydrogens is 247 g/mol. The largest absolute Gasteiger partial charge is 0.464 e. The summed E-state index contributed by atoms with van der Waals surface area (Å²) in [6.07, 6.45) is -6.20. The Bertz CT molecular complexity index is 363. The van der Waals surface area contributed by atoms with E-state index in [0.29, 0.717) is 0 Å². The standard InChI is InChI=1S/C10H9F5O2/c11-7-1-3-8(4-2-7)17-10(14,15)9(12,13)5-6-16/h1-4,16H,5-6H2. The van der Waals surface area contributed by atoms with Crippen LogP contribution in [0.5, 0.6) is 5.75 Å². The molecule has 1 N–H and O–H groups in total. The van der Waals surface area contributed by atoms with Gasteiger partial charge in [-0.3, -0.25) is 0 Å². The summed E-state index contributed by atoms with van der Waals surface area (Å²) in [5.41, 5.74) is 0. The minimum atomic E-state index is -4.77. The van der Waals surface area contributed by atoms with Crippen molar-refractivity contribution < 1.29 is 31.8 Å². The highest BCUT2D eigenvalue weighted by molar-refractivity contribution is 5.22. The SMILES string of the molecule is OCCC(F)(F)C(F)(F)Oc1ccc(F)cc1. The van der Waals surface area contributed by atoms with Crippen LogP contribution in [0.3, 0.4) is 0 Å². The summed E-state index contributed by atoms with van der Waals surface area (Å²) in [6, 6.07) is 3.21. The monoisotopic (exact) mass is 256 g/mol. The summed E-state index contributed by atoms with van der Waals surface area (Å²) in [5, 5.41) is 8.25. The van der Waals surface area contributed by atoms with Crippen molar-refractivity contribution in [2.24, 2.45) is 0 Å². The fraction of sp³-hybridized carbons (Fsp3) is 0.400. The number of aliphatic hydroxyl groups excluding tert-OH is 1. The second-order valence-corrected chi connectivity index (χ2v) is 3.25. The summed E-state index contributed by atoms with van der Waals surface area (Å²) in [7, 11) is 0. The predicted octanol–water partition coefficient (Wildman–Crippen LogP) is 2.82. The molecule has 7 heteroatoms. The van der Waals surface area contributed by atoms with Gasteiger partial charge in [0.2, 0.25) is 0 Å². The van der Waals surface area contributed by atoms with Crippen LogP contribution in [0, 0.1) is 5.82 Å². The smallest absolute Gasteiger partial charge is 0.428 e. The minimum Gasteiger partial charge on any atom is -0.428 e. The molecule has 0 amide bonds. The van der Waals surface area contributed by atoms with Crippen LogP contribution in [0.15, 0.2) is 24.3 Å². The fourth-order valence-electron chi connectivity index (χ4n) is 1.01. The van der Waals surface area contributed by atoms with Crippen LogP contribution < -0.4 is 4.74 Å². The molecule has 0 aliphatic heterocycles. The molecule has 0 bridgehead atoms. The molecule has 0 saturated heterocycles. The van der Waals surface area contributed by atoms with Crippen molar-refractivity contribution >= 4 is 0 Å². The zero-order chi connectivity index (χ0) is 13.1. The maximum absolute atomic E-state index is 13.0. The molecule has 0 fully saturated rings. The Morgan fingerprint density at radius 2 is 1.59 bits per heavy atom. The lowest BCUT2D eigenvalue weighted by atomic mass is 10.2. The first-order chi connectivity index (χ1) is 7.78. The molecule has 1 rings (SSSR count). The van der Waals surface area contributed by atoms with Crippen LogP contribution >= 0.6 is 0 Å². The number of alkyl halides is 4. The number of hydrogen-bond donors (Lipinski definition) is 1. The van der Waals surface area contributed by atoms with E-state index in [9.17, 15) is 22.0 Å². The molecule has 17 heavy (non-hydrogen) atoms. The van der Waals surface area contributed by atoms with Crippen molar-refractivity contribution in [3.8, 4) is 5.75 Å². The zero-order valence-corrected chi connectivity index (χ0v) is 8.47. The highest BCUT2D eigenvalue weighted by Crippen LogP contribution is 2.38. The van der Waals surface area contributed by atoms with Gasteiger partial charge in [0.15, 0.2) is 0 Å². The molecule has 0 heterocycles. The highest BCUT2D eigenvalue weighted by Gasteiger charge is 2.58. The van der Waals surface area contributed by atoms with Crippen molar-refractivity contribution in [3.05, 3.63) is 30.1 Å². The lowest BCUT2D eigenvalue weighted by molar-refractivity contribution is -0.312. The van der Waals surface area contributed by atoms with E-state index >= 15 is 0 Å². The summed E-state index contributed by atoms with van der Waals surface area (Å²) >= 11 is 0. The Labute approximate surface area is 93.6 Å². The van der Waals surface area contributed by atoms with E-state index in [1.165, 1.54) is 0 Å². The number of benzene rings is 1. The van der Waals surface area contributed by atoms with Gasteiger partial charge in [-0.05, 0) is 24.3 Å². The van der Waals surface area contributed by atoms with Crippen molar-refractivity contribution in [2.75, 3.05) is 6.61 Å². The first-order valence-corrected chi connectivity index (χ1v) is 4.59. The van der Waals surface area contributed by atoms with Gasteiger partial charge in [-0.25, -0.2) is 4.39 Å². The molecule has 0 aliphatic rings. The Balaban J connectivity index is 2.81. The first-order valence-electron chi connectivity index (χ1n) is 4.59. The molecule has 0 saturated carbocycles. The minimum absolute atomic E-state index is 0.589. The van der Waals surface area contributed by atoms with Crippen LogP contribution in [0.4, 0.5) is 22.0 Å². The van der Waals surface area contributed by atoms with Gasteiger partial charge in [0, 0.05) is 13.0 Å². The van der Waals surface area contributed by atoms with E-state index in [0.717, 1.165) is 24.3 Å². The van der Waals surface area contributed by atoms with Crippen LogP contribution in [-0.2, 0) is 0 Å². The average molecular weight is 256 g/mol. The Hall–Kier alpha value is -1.37. The molecule has 0 atom stereocenters. The lowest BCUT2D eigenvalue weighted by Gasteiger charge is -2.25. The number of aliphatic hydroxyl groups is 1. The van der Waals surface area contributed by atoms with Gasteiger partial charge in [-0.2, -0.15) is 17.6 Å². The van der Waals surface area contributed by atoms with Crippen molar-refractivity contribution in [2.45, 2.75) is 18.5 Å². The van der Waals surface area contributed by atoms with Gasteiger partial charge in [-0.1, -0.05) is 0 Å². The predicted molar refractivity (Wildman–Crippen MR) is 48.6 cm³/mol. The number of hydrogen-bond acceptors (Lipinski definition) is 2. The van der Waals surface area contributed by atoms with E-state index in [1.807, 2.05) is 0 Å². The van der Waals surface area contributed by atoms with Gasteiger partial charge in [0.1, 0.15) is 11.6 Å². The van der Waals surface area contributed by atoms with Crippen LogP contribution in [0.25, 0.3) is 0 Å². The van der Waals surface area contributed by atoms with Crippen LogP contribution in [0.1, 0.15) is 6.42 Å². The molecule has 1 aromatic carbocycles. The Kier molecular flexibility index (Phi) is 3.92. The fourth-order valence-corrected chi connectivity index (χ4v) is 1.01. The van der Waals surface area contributed by atoms with E-state index < -0.39 is 36.6 Å². The number of halogens is 5. The third-order valence-corrected chi connectivity index (χ3v) is 1.91. The van der Waals surface area contributed by atoms with Gasteiger partial charge < -0.3 is 9.84 Å². The van der Waals surface area contributed by atoms with Gasteiger partial charge in [0.25, 0.3) is 0 Å². The van der Waals surface area contributed by atoms with Gasteiger partial charge in [-0.15, -0.1) is 0 Å². The van der Waals surface area contributed by atoms with Crippen molar-refractivity contribution in [1.29, 1.82) is 0 Å². The first kappa shape index (κ1) is 13.7. The lowest BCUT2D eigenvalue weighted by Crippen LogP contribution is -2.45. The molecule has 0 spiro atoms. The molecular formula is C10H9F5O2. The van der Waals surface area contributed by atoms with E-state index in [1.54, 1.807) is 0 Å². The molecule has 0 unspecified atom stereocenters. The topological polar surface area (TPSA) is 29.5 Å². The molecule has 0 radical (unpaired) electrons. The van der Waals surface area contributed by atoms with E-state index in [4.69, 9.17) is 5.11 Å². The normalized spacial score (nSPS) is 12.6. The molecule has 0 aliphatic carbocycles. The second-order valence-electron chi connectivity index (χ2n) is 3.25. The summed E-state index contributed by atoms with van der Waals surface area (Å²) in [5.74, 6) is -5.80. The Morgan fingerprint density at radius 3 is 2.06 bits per heavy atom. The van der Waals surface area contributed by atoms with E-state index in [2.05, 4.69) is 4.74 Å². The van der Waals surface area contributed by atoms with Gasteiger partial charge in [0.05, 0.1) is 0 Å². The molecule has 96 valence electrons. The molecule has 2 nitrogen and oxygen atoms in total. The number of rotatable bonds is 5. The molecule has 0 aromatic heterocycles. The van der Waals surface area contributed by atoms with E-state index in [-0.39, 0.29) is 0 Å². The average Bonchev–Trinajstić information content (AvgIpc) is 2.21. The van der Waals surface area contributed by atoms with Gasteiger partial charge >= 0.3 is 12.0 Å². The quantitative estimate of drug-likeness (QED) is 0.821. The summed E-state index contributed by atoms with van der Waals surface area (Å²) in [4.78, 5) is 0.